The molecule has 3 heterocycles. The first-order chi connectivity index (χ1) is 10.5. The van der Waals surface area contributed by atoms with Gasteiger partial charge in [0, 0.05) is 37.6 Å². The van der Waals surface area contributed by atoms with E-state index in [4.69, 9.17) is 4.52 Å². The molecule has 1 aliphatic heterocycles. The molecule has 1 amide bonds. The zero-order valence-corrected chi connectivity index (χ0v) is 12.2. The Balaban J connectivity index is 1.70. The lowest BCUT2D eigenvalue weighted by atomic mass is 10.0. The van der Waals surface area contributed by atoms with Crippen molar-refractivity contribution in [2.24, 2.45) is 5.92 Å². The van der Waals surface area contributed by atoms with Crippen molar-refractivity contribution < 1.29 is 14.4 Å². The lowest BCUT2D eigenvalue weighted by Crippen LogP contribution is -2.31. The number of aliphatic hydroxyl groups excluding tert-OH is 1. The van der Waals surface area contributed by atoms with Gasteiger partial charge in [-0.05, 0) is 13.0 Å². The Bertz CT molecular complexity index is 736. The van der Waals surface area contributed by atoms with Crippen LogP contribution in [0.15, 0.2) is 33.6 Å². The summed E-state index contributed by atoms with van der Waals surface area (Å²) < 4.78 is 5.16. The van der Waals surface area contributed by atoms with Crippen LogP contribution < -0.4 is 5.56 Å². The summed E-state index contributed by atoms with van der Waals surface area (Å²) in [6, 6.07) is 6.27. The smallest absolute Gasteiger partial charge is 0.270 e. The van der Waals surface area contributed by atoms with Crippen molar-refractivity contribution in [1.82, 2.24) is 15.0 Å². The van der Waals surface area contributed by atoms with Gasteiger partial charge in [0.25, 0.3) is 5.91 Å². The lowest BCUT2D eigenvalue weighted by Gasteiger charge is -2.15. The highest BCUT2D eigenvalue weighted by Crippen LogP contribution is 2.23. The molecule has 2 aromatic heterocycles. The number of H-pyrrole nitrogens is 1. The topological polar surface area (TPSA) is 99.4 Å². The monoisotopic (exact) mass is 303 g/mol. The first-order valence-corrected chi connectivity index (χ1v) is 7.12. The van der Waals surface area contributed by atoms with Crippen LogP contribution in [0, 0.1) is 12.8 Å². The summed E-state index contributed by atoms with van der Waals surface area (Å²) in [6.45, 7) is 2.49. The molecule has 0 radical (unpaired) electrons. The molecule has 2 atom stereocenters. The SMILES string of the molecule is Cc1cc(C[C@@H]2CN(C(=O)c3cccc(=O)[nH]3)C[C@H]2O)on1. The number of carbonyl (C=O) groups excluding carboxylic acids is 1. The molecule has 1 saturated heterocycles. The Morgan fingerprint density at radius 1 is 1.50 bits per heavy atom. The summed E-state index contributed by atoms with van der Waals surface area (Å²) in [6.07, 6.45) is -0.0957. The third-order valence-electron chi connectivity index (χ3n) is 3.83. The van der Waals surface area contributed by atoms with Gasteiger partial charge in [0.2, 0.25) is 5.56 Å². The second kappa shape index (κ2) is 5.76. The van der Waals surface area contributed by atoms with Gasteiger partial charge in [-0.2, -0.15) is 0 Å². The molecule has 7 heteroatoms. The van der Waals surface area contributed by atoms with Gasteiger partial charge in [-0.15, -0.1) is 0 Å². The normalized spacial score (nSPS) is 21.3. The van der Waals surface area contributed by atoms with Gasteiger partial charge in [-0.25, -0.2) is 0 Å². The average molecular weight is 303 g/mol. The first kappa shape index (κ1) is 14.5. The van der Waals surface area contributed by atoms with Gasteiger partial charge in [-0.1, -0.05) is 11.2 Å². The van der Waals surface area contributed by atoms with E-state index in [1.165, 1.54) is 12.1 Å². The number of pyridine rings is 1. The van der Waals surface area contributed by atoms with Gasteiger partial charge in [0.1, 0.15) is 11.5 Å². The van der Waals surface area contributed by atoms with Crippen molar-refractivity contribution >= 4 is 5.91 Å². The molecule has 22 heavy (non-hydrogen) atoms. The fraction of sp³-hybridized carbons (Fsp3) is 0.400. The highest BCUT2D eigenvalue weighted by molar-refractivity contribution is 5.92. The Hall–Kier alpha value is -2.41. The van der Waals surface area contributed by atoms with Crippen LogP contribution in [0.2, 0.25) is 0 Å². The molecule has 1 fully saturated rings. The second-order valence-electron chi connectivity index (χ2n) is 5.61. The predicted octanol–water partition coefficient (Wildman–Crippen LogP) is 0.347. The number of likely N-dealkylation sites (tertiary alicyclic amines) is 1. The quantitative estimate of drug-likeness (QED) is 0.852. The number of aromatic amines is 1. The molecule has 3 rings (SSSR count). The Kier molecular flexibility index (Phi) is 3.81. The Labute approximate surface area is 126 Å². The summed E-state index contributed by atoms with van der Waals surface area (Å²) >= 11 is 0. The number of aliphatic hydroxyl groups is 1. The largest absolute Gasteiger partial charge is 0.391 e. The standard InChI is InChI=1S/C15H17N3O4/c1-9-5-11(22-17-9)6-10-7-18(8-13(10)19)15(21)12-3-2-4-14(20)16-12/h2-5,10,13,19H,6-8H2,1H3,(H,16,20)/t10-,13-/m1/s1. The minimum atomic E-state index is -0.621. The molecule has 116 valence electrons. The highest BCUT2D eigenvalue weighted by Gasteiger charge is 2.35. The van der Waals surface area contributed by atoms with Gasteiger partial charge in [0.15, 0.2) is 0 Å². The Morgan fingerprint density at radius 2 is 2.32 bits per heavy atom. The van der Waals surface area contributed by atoms with Crippen molar-refractivity contribution in [2.45, 2.75) is 19.4 Å². The van der Waals surface area contributed by atoms with Crippen LogP contribution in [0.4, 0.5) is 0 Å². The molecular formula is C15H17N3O4. The van der Waals surface area contributed by atoms with E-state index in [-0.39, 0.29) is 29.6 Å². The second-order valence-corrected chi connectivity index (χ2v) is 5.61. The molecule has 0 spiro atoms. The van der Waals surface area contributed by atoms with Gasteiger partial charge in [-0.3, -0.25) is 9.59 Å². The van der Waals surface area contributed by atoms with Crippen molar-refractivity contribution in [2.75, 3.05) is 13.1 Å². The van der Waals surface area contributed by atoms with Crippen LogP contribution in [0.1, 0.15) is 21.9 Å². The number of nitrogens with one attached hydrogen (secondary N) is 1. The van der Waals surface area contributed by atoms with E-state index in [1.54, 1.807) is 11.0 Å². The fourth-order valence-electron chi connectivity index (χ4n) is 2.73. The number of hydrogen-bond acceptors (Lipinski definition) is 5. The molecular weight excluding hydrogens is 286 g/mol. The van der Waals surface area contributed by atoms with E-state index in [9.17, 15) is 14.7 Å². The van der Waals surface area contributed by atoms with E-state index in [0.29, 0.717) is 18.7 Å². The molecule has 0 aromatic carbocycles. The summed E-state index contributed by atoms with van der Waals surface area (Å²) in [7, 11) is 0. The summed E-state index contributed by atoms with van der Waals surface area (Å²) in [5.41, 5.74) is 0.701. The van der Waals surface area contributed by atoms with Crippen LogP contribution in [0.25, 0.3) is 0 Å². The molecule has 0 bridgehead atoms. The van der Waals surface area contributed by atoms with Crippen LogP contribution in [-0.4, -0.2) is 45.2 Å². The molecule has 2 N–H and O–H groups in total. The zero-order valence-electron chi connectivity index (χ0n) is 12.2. The molecule has 2 aromatic rings. The van der Waals surface area contributed by atoms with Crippen LogP contribution >= 0.6 is 0 Å². The predicted molar refractivity (Wildman–Crippen MR) is 77.4 cm³/mol. The van der Waals surface area contributed by atoms with E-state index in [0.717, 1.165) is 5.69 Å². The molecule has 0 unspecified atom stereocenters. The number of hydrogen-bond donors (Lipinski definition) is 2. The minimum absolute atomic E-state index is 0.105. The van der Waals surface area contributed by atoms with Gasteiger partial charge >= 0.3 is 0 Å². The van der Waals surface area contributed by atoms with E-state index in [1.807, 2.05) is 13.0 Å². The fourth-order valence-corrected chi connectivity index (χ4v) is 2.73. The highest BCUT2D eigenvalue weighted by atomic mass is 16.5. The summed E-state index contributed by atoms with van der Waals surface area (Å²) in [5.74, 6) is 0.309. The zero-order chi connectivity index (χ0) is 15.7. The summed E-state index contributed by atoms with van der Waals surface area (Å²) in [4.78, 5) is 27.7. The molecule has 0 aliphatic carbocycles. The molecule has 1 aliphatic rings. The molecule has 0 saturated carbocycles. The third-order valence-corrected chi connectivity index (χ3v) is 3.83. The van der Waals surface area contributed by atoms with Gasteiger partial charge < -0.3 is 19.5 Å². The lowest BCUT2D eigenvalue weighted by molar-refractivity contribution is 0.0758. The average Bonchev–Trinajstić information content (AvgIpc) is 3.05. The Morgan fingerprint density at radius 3 is 3.00 bits per heavy atom. The molecule has 7 nitrogen and oxygen atoms in total. The number of aromatic nitrogens is 2. The van der Waals surface area contributed by atoms with Crippen molar-refractivity contribution in [1.29, 1.82) is 0 Å². The van der Waals surface area contributed by atoms with Crippen LogP contribution in [0.3, 0.4) is 0 Å². The van der Waals surface area contributed by atoms with Gasteiger partial charge in [0.05, 0.1) is 11.8 Å². The maximum Gasteiger partial charge on any atom is 0.270 e. The number of amides is 1. The number of β-amino-alcohol motifs (C(OH)–C–C–N with tert-alkyl or cyclic N) is 1. The number of aryl methyl sites for hydroxylation is 1. The first-order valence-electron chi connectivity index (χ1n) is 7.12. The minimum Gasteiger partial charge on any atom is -0.391 e. The summed E-state index contributed by atoms with van der Waals surface area (Å²) in [5, 5.41) is 14.0. The van der Waals surface area contributed by atoms with E-state index < -0.39 is 6.10 Å². The number of nitrogens with zero attached hydrogens (tertiary/aromatic N) is 2. The van der Waals surface area contributed by atoms with E-state index in [2.05, 4.69) is 10.1 Å². The maximum atomic E-state index is 12.4. The number of carbonyl (C=O) groups is 1. The van der Waals surface area contributed by atoms with Crippen molar-refractivity contribution in [3.05, 3.63) is 51.8 Å². The third kappa shape index (κ3) is 2.94. The number of rotatable bonds is 3. The van der Waals surface area contributed by atoms with Crippen molar-refractivity contribution in [3.8, 4) is 0 Å². The van der Waals surface area contributed by atoms with Crippen LogP contribution in [-0.2, 0) is 6.42 Å². The maximum absolute atomic E-state index is 12.4. The van der Waals surface area contributed by atoms with E-state index >= 15 is 0 Å². The van der Waals surface area contributed by atoms with Crippen LogP contribution in [0.5, 0.6) is 0 Å². The van der Waals surface area contributed by atoms with Crippen molar-refractivity contribution in [3.63, 3.8) is 0 Å².